The van der Waals surface area contributed by atoms with E-state index < -0.39 is 10.1 Å². The van der Waals surface area contributed by atoms with Crippen LogP contribution in [0.5, 0.6) is 5.75 Å². The number of benzene rings is 2. The second kappa shape index (κ2) is 15.9. The standard InChI is InChI=1S/C26H36Br2O4S/c1-2-3-4-5-6-7-8-9-10-12-22-13-18-26(25(28)21-22)31-19-11-20-32-33(29,30)24-16-14-23(27)15-17-24/h13-18,21H,2-12,19-20H2,1H3. The molecule has 0 heterocycles. The Labute approximate surface area is 216 Å². The summed E-state index contributed by atoms with van der Waals surface area (Å²) in [5.41, 5.74) is 1.31. The van der Waals surface area contributed by atoms with Gasteiger partial charge in [-0.05, 0) is 70.7 Å². The zero-order chi connectivity index (χ0) is 23.9. The zero-order valence-corrected chi connectivity index (χ0v) is 23.5. The first kappa shape index (κ1) is 28.3. The van der Waals surface area contributed by atoms with Gasteiger partial charge in [-0.1, -0.05) is 80.3 Å². The molecular weight excluding hydrogens is 568 g/mol. The maximum absolute atomic E-state index is 12.2. The SMILES string of the molecule is CCCCCCCCCCCc1ccc(OCCCOS(=O)(=O)c2ccc(Br)cc2)c(Br)c1. The number of unbranched alkanes of at least 4 members (excludes halogenated alkanes) is 8. The van der Waals surface area contributed by atoms with E-state index in [0.29, 0.717) is 13.0 Å². The molecule has 0 fully saturated rings. The van der Waals surface area contributed by atoms with Crippen molar-refractivity contribution < 1.29 is 17.3 Å². The largest absolute Gasteiger partial charge is 0.492 e. The van der Waals surface area contributed by atoms with E-state index in [-0.39, 0.29) is 11.5 Å². The average molecular weight is 604 g/mol. The van der Waals surface area contributed by atoms with Crippen LogP contribution in [0.1, 0.15) is 76.7 Å². The normalized spacial score (nSPS) is 11.6. The molecule has 0 saturated heterocycles. The van der Waals surface area contributed by atoms with Gasteiger partial charge in [0.15, 0.2) is 0 Å². The lowest BCUT2D eigenvalue weighted by molar-refractivity contribution is 0.250. The molecule has 0 unspecified atom stereocenters. The van der Waals surface area contributed by atoms with Gasteiger partial charge >= 0.3 is 0 Å². The molecule has 0 aliphatic rings. The minimum Gasteiger partial charge on any atom is -0.492 e. The van der Waals surface area contributed by atoms with Gasteiger partial charge in [-0.3, -0.25) is 4.18 Å². The minimum absolute atomic E-state index is 0.0761. The Balaban J connectivity index is 1.61. The fourth-order valence-corrected chi connectivity index (χ4v) is 5.28. The smallest absolute Gasteiger partial charge is 0.296 e. The molecule has 0 aliphatic carbocycles. The second-order valence-electron chi connectivity index (χ2n) is 8.28. The first-order valence-electron chi connectivity index (χ1n) is 12.0. The highest BCUT2D eigenvalue weighted by atomic mass is 79.9. The van der Waals surface area contributed by atoms with Crippen LogP contribution in [0.3, 0.4) is 0 Å². The van der Waals surface area contributed by atoms with Crippen molar-refractivity contribution in [2.75, 3.05) is 13.2 Å². The number of halogens is 2. The summed E-state index contributed by atoms with van der Waals surface area (Å²) >= 11 is 6.88. The van der Waals surface area contributed by atoms with Crippen LogP contribution in [0.4, 0.5) is 0 Å². The molecule has 7 heteroatoms. The number of rotatable bonds is 17. The van der Waals surface area contributed by atoms with Gasteiger partial charge in [0.25, 0.3) is 10.1 Å². The molecule has 0 N–H and O–H groups in total. The van der Waals surface area contributed by atoms with Crippen molar-refractivity contribution in [1.82, 2.24) is 0 Å². The number of hydrogen-bond donors (Lipinski definition) is 0. The molecule has 0 amide bonds. The molecule has 2 aromatic rings. The molecule has 184 valence electrons. The minimum atomic E-state index is -3.74. The monoisotopic (exact) mass is 602 g/mol. The molecule has 0 saturated carbocycles. The van der Waals surface area contributed by atoms with Crippen molar-refractivity contribution in [3.05, 3.63) is 57.0 Å². The quantitative estimate of drug-likeness (QED) is 0.134. The second-order valence-corrected chi connectivity index (χ2v) is 11.7. The van der Waals surface area contributed by atoms with Crippen molar-refractivity contribution in [3.63, 3.8) is 0 Å². The molecule has 2 aromatic carbocycles. The zero-order valence-electron chi connectivity index (χ0n) is 19.5. The number of ether oxygens (including phenoxy) is 1. The number of aryl methyl sites for hydroxylation is 1. The van der Waals surface area contributed by atoms with Gasteiger partial charge in [-0.25, -0.2) is 0 Å². The van der Waals surface area contributed by atoms with Crippen molar-refractivity contribution in [2.24, 2.45) is 0 Å². The van der Waals surface area contributed by atoms with E-state index in [1.807, 2.05) is 6.07 Å². The molecule has 0 atom stereocenters. The van der Waals surface area contributed by atoms with Crippen LogP contribution in [0, 0.1) is 0 Å². The van der Waals surface area contributed by atoms with Gasteiger partial charge in [0.1, 0.15) is 5.75 Å². The summed E-state index contributed by atoms with van der Waals surface area (Å²) in [6.07, 6.45) is 13.6. The Kier molecular flexibility index (Phi) is 13.7. The van der Waals surface area contributed by atoms with E-state index >= 15 is 0 Å². The molecule has 0 aromatic heterocycles. The lowest BCUT2D eigenvalue weighted by Crippen LogP contribution is -2.10. The van der Waals surface area contributed by atoms with Gasteiger partial charge in [0.2, 0.25) is 0 Å². The van der Waals surface area contributed by atoms with Crippen molar-refractivity contribution >= 4 is 42.0 Å². The summed E-state index contributed by atoms with van der Waals surface area (Å²) in [5, 5.41) is 0. The Morgan fingerprint density at radius 3 is 2.03 bits per heavy atom. The maximum Gasteiger partial charge on any atom is 0.296 e. The molecule has 0 radical (unpaired) electrons. The molecule has 2 rings (SSSR count). The third-order valence-corrected chi connectivity index (χ3v) is 7.93. The summed E-state index contributed by atoms with van der Waals surface area (Å²) in [6.45, 7) is 2.72. The van der Waals surface area contributed by atoms with Crippen molar-refractivity contribution in [3.8, 4) is 5.75 Å². The maximum atomic E-state index is 12.2. The average Bonchev–Trinajstić information content (AvgIpc) is 2.79. The molecule has 0 bridgehead atoms. The fourth-order valence-electron chi connectivity index (χ4n) is 3.54. The van der Waals surface area contributed by atoms with Crippen molar-refractivity contribution in [2.45, 2.75) is 82.4 Å². The Hall–Kier alpha value is -0.890. The van der Waals surface area contributed by atoms with Crippen LogP contribution in [0.15, 0.2) is 56.3 Å². The Morgan fingerprint density at radius 2 is 1.39 bits per heavy atom. The highest BCUT2D eigenvalue weighted by molar-refractivity contribution is 9.10. The van der Waals surface area contributed by atoms with Crippen LogP contribution in [0.2, 0.25) is 0 Å². The highest BCUT2D eigenvalue weighted by Crippen LogP contribution is 2.27. The molecule has 0 spiro atoms. The van der Waals surface area contributed by atoms with E-state index in [2.05, 4.69) is 50.9 Å². The van der Waals surface area contributed by atoms with Gasteiger partial charge in [-0.15, -0.1) is 0 Å². The summed E-state index contributed by atoms with van der Waals surface area (Å²) in [7, 11) is -3.74. The first-order chi connectivity index (χ1) is 15.9. The summed E-state index contributed by atoms with van der Waals surface area (Å²) in [6, 6.07) is 12.6. The highest BCUT2D eigenvalue weighted by Gasteiger charge is 2.14. The third-order valence-electron chi connectivity index (χ3n) is 5.45. The summed E-state index contributed by atoms with van der Waals surface area (Å²) < 4.78 is 37.0. The van der Waals surface area contributed by atoms with E-state index in [4.69, 9.17) is 8.92 Å². The summed E-state index contributed by atoms with van der Waals surface area (Å²) in [5.74, 6) is 0.765. The molecule has 0 aliphatic heterocycles. The van der Waals surface area contributed by atoms with E-state index in [1.54, 1.807) is 12.1 Å². The van der Waals surface area contributed by atoms with Crippen LogP contribution < -0.4 is 4.74 Å². The topological polar surface area (TPSA) is 52.6 Å². The first-order valence-corrected chi connectivity index (χ1v) is 15.0. The lowest BCUT2D eigenvalue weighted by atomic mass is 10.0. The van der Waals surface area contributed by atoms with E-state index in [9.17, 15) is 8.42 Å². The predicted molar refractivity (Wildman–Crippen MR) is 142 cm³/mol. The van der Waals surface area contributed by atoms with E-state index in [0.717, 1.165) is 21.1 Å². The van der Waals surface area contributed by atoms with Crippen LogP contribution in [-0.4, -0.2) is 21.6 Å². The molecule has 4 nitrogen and oxygen atoms in total. The van der Waals surface area contributed by atoms with Gasteiger partial charge < -0.3 is 4.74 Å². The van der Waals surface area contributed by atoms with E-state index in [1.165, 1.54) is 75.5 Å². The molecule has 33 heavy (non-hydrogen) atoms. The predicted octanol–water partition coefficient (Wildman–Crippen LogP) is 8.46. The molecular formula is C26H36Br2O4S. The third kappa shape index (κ3) is 11.4. The Morgan fingerprint density at radius 1 is 0.758 bits per heavy atom. The Bertz CT molecular complexity index is 914. The number of hydrogen-bond acceptors (Lipinski definition) is 4. The van der Waals surface area contributed by atoms with Gasteiger partial charge in [-0.2, -0.15) is 8.42 Å². The fraction of sp³-hybridized carbons (Fsp3) is 0.538. The summed E-state index contributed by atoms with van der Waals surface area (Å²) in [4.78, 5) is 0.150. The van der Waals surface area contributed by atoms with Crippen LogP contribution in [-0.2, 0) is 20.7 Å². The van der Waals surface area contributed by atoms with Gasteiger partial charge in [0.05, 0.1) is 22.6 Å². The lowest BCUT2D eigenvalue weighted by Gasteiger charge is -2.10. The van der Waals surface area contributed by atoms with Gasteiger partial charge in [0, 0.05) is 10.9 Å². The van der Waals surface area contributed by atoms with Crippen LogP contribution in [0.25, 0.3) is 0 Å². The van der Waals surface area contributed by atoms with Crippen LogP contribution >= 0.6 is 31.9 Å². The van der Waals surface area contributed by atoms with Crippen molar-refractivity contribution in [1.29, 1.82) is 0 Å².